The highest BCUT2D eigenvalue weighted by molar-refractivity contribution is 5.18. The van der Waals surface area contributed by atoms with Gasteiger partial charge in [-0.3, -0.25) is 0 Å². The fourth-order valence-corrected chi connectivity index (χ4v) is 1.99. The van der Waals surface area contributed by atoms with Gasteiger partial charge in [-0.1, -0.05) is 44.2 Å². The molecule has 0 fully saturated rings. The van der Waals surface area contributed by atoms with Gasteiger partial charge in [0.1, 0.15) is 0 Å². The van der Waals surface area contributed by atoms with E-state index in [1.54, 1.807) is 0 Å². The van der Waals surface area contributed by atoms with Crippen molar-refractivity contribution in [1.82, 2.24) is 5.32 Å². The molecule has 16 heavy (non-hydrogen) atoms. The molecule has 2 atom stereocenters. The molecule has 1 aromatic rings. The highest BCUT2D eigenvalue weighted by Gasteiger charge is 2.12. The molecule has 0 aromatic heterocycles. The summed E-state index contributed by atoms with van der Waals surface area (Å²) in [5.74, 6) is 0.684. The molecule has 3 N–H and O–H groups in total. The Morgan fingerprint density at radius 1 is 1.12 bits per heavy atom. The van der Waals surface area contributed by atoms with E-state index in [1.807, 2.05) is 6.07 Å². The molecule has 0 aliphatic carbocycles. The van der Waals surface area contributed by atoms with E-state index in [1.165, 1.54) is 5.56 Å². The molecule has 90 valence electrons. The first-order chi connectivity index (χ1) is 7.63. The molecular weight excluding hydrogens is 196 g/mol. The summed E-state index contributed by atoms with van der Waals surface area (Å²) >= 11 is 0. The van der Waals surface area contributed by atoms with Gasteiger partial charge in [0.2, 0.25) is 0 Å². The van der Waals surface area contributed by atoms with Crippen molar-refractivity contribution < 1.29 is 0 Å². The summed E-state index contributed by atoms with van der Waals surface area (Å²) in [6.45, 7) is 7.36. The molecule has 2 heteroatoms. The summed E-state index contributed by atoms with van der Waals surface area (Å²) in [5, 5.41) is 3.59. The zero-order valence-electron chi connectivity index (χ0n) is 10.6. The van der Waals surface area contributed by atoms with Crippen molar-refractivity contribution in [2.24, 2.45) is 11.7 Å². The molecule has 0 spiro atoms. The number of nitrogens with one attached hydrogen (secondary N) is 1. The average Bonchev–Trinajstić information content (AvgIpc) is 2.28. The van der Waals surface area contributed by atoms with Crippen LogP contribution in [-0.4, -0.2) is 12.6 Å². The lowest BCUT2D eigenvalue weighted by molar-refractivity contribution is 0.390. The number of hydrogen-bond acceptors (Lipinski definition) is 2. The minimum absolute atomic E-state index is 0.369. The van der Waals surface area contributed by atoms with Crippen LogP contribution in [0.2, 0.25) is 0 Å². The third-order valence-corrected chi connectivity index (χ3v) is 2.83. The third-order valence-electron chi connectivity index (χ3n) is 2.83. The van der Waals surface area contributed by atoms with Crippen LogP contribution in [0.5, 0.6) is 0 Å². The topological polar surface area (TPSA) is 38.0 Å². The lowest BCUT2D eigenvalue weighted by atomic mass is 10.0. The van der Waals surface area contributed by atoms with Crippen molar-refractivity contribution in [3.8, 4) is 0 Å². The summed E-state index contributed by atoms with van der Waals surface area (Å²) in [6.07, 6.45) is 1.13. The first kappa shape index (κ1) is 13.2. The molecule has 0 amide bonds. The van der Waals surface area contributed by atoms with Gasteiger partial charge in [-0.15, -0.1) is 0 Å². The molecule has 0 radical (unpaired) electrons. The van der Waals surface area contributed by atoms with E-state index in [-0.39, 0.29) is 0 Å². The van der Waals surface area contributed by atoms with E-state index in [0.717, 1.165) is 6.42 Å². The molecule has 0 bridgehead atoms. The van der Waals surface area contributed by atoms with Gasteiger partial charge < -0.3 is 11.1 Å². The van der Waals surface area contributed by atoms with Crippen molar-refractivity contribution in [3.63, 3.8) is 0 Å². The lowest BCUT2D eigenvalue weighted by Gasteiger charge is -2.23. The van der Waals surface area contributed by atoms with Crippen molar-refractivity contribution in [3.05, 3.63) is 35.9 Å². The highest BCUT2D eigenvalue weighted by atomic mass is 15.0. The molecule has 0 aliphatic rings. The van der Waals surface area contributed by atoms with Crippen LogP contribution in [0.3, 0.4) is 0 Å². The molecule has 0 unspecified atom stereocenters. The Labute approximate surface area is 99.2 Å². The van der Waals surface area contributed by atoms with Crippen molar-refractivity contribution in [1.29, 1.82) is 0 Å². The van der Waals surface area contributed by atoms with Crippen LogP contribution in [-0.2, 0) is 0 Å². The van der Waals surface area contributed by atoms with E-state index in [4.69, 9.17) is 5.73 Å². The van der Waals surface area contributed by atoms with E-state index in [2.05, 4.69) is 50.4 Å². The molecule has 1 rings (SSSR count). The zero-order valence-corrected chi connectivity index (χ0v) is 10.6. The average molecular weight is 220 g/mol. The van der Waals surface area contributed by atoms with Crippen LogP contribution < -0.4 is 11.1 Å². The van der Waals surface area contributed by atoms with Gasteiger partial charge in [-0.05, 0) is 24.8 Å². The van der Waals surface area contributed by atoms with Crippen LogP contribution >= 0.6 is 0 Å². The largest absolute Gasteiger partial charge is 0.329 e. The van der Waals surface area contributed by atoms with Gasteiger partial charge >= 0.3 is 0 Å². The van der Waals surface area contributed by atoms with Gasteiger partial charge in [0.15, 0.2) is 0 Å². The summed E-state index contributed by atoms with van der Waals surface area (Å²) in [7, 11) is 0. The lowest BCUT2D eigenvalue weighted by Crippen LogP contribution is -2.38. The van der Waals surface area contributed by atoms with Crippen LogP contribution in [0.25, 0.3) is 0 Å². The van der Waals surface area contributed by atoms with E-state index in [9.17, 15) is 0 Å². The van der Waals surface area contributed by atoms with Crippen molar-refractivity contribution >= 4 is 0 Å². The highest BCUT2D eigenvalue weighted by Crippen LogP contribution is 2.14. The van der Waals surface area contributed by atoms with Crippen LogP contribution in [0.15, 0.2) is 30.3 Å². The molecule has 0 heterocycles. The summed E-state index contributed by atoms with van der Waals surface area (Å²) in [6, 6.07) is 11.3. The number of nitrogens with two attached hydrogens (primary N) is 1. The molecule has 0 aliphatic heterocycles. The standard InChI is InChI=1S/C14H24N2/c1-11(2)9-14(10-15)16-12(3)13-7-5-4-6-8-13/h4-8,11-12,14,16H,9-10,15H2,1-3H3/t12-,14+/m1/s1. The number of rotatable bonds is 6. The quantitative estimate of drug-likeness (QED) is 0.773. The Balaban J connectivity index is 2.52. The van der Waals surface area contributed by atoms with Gasteiger partial charge in [-0.2, -0.15) is 0 Å². The number of benzene rings is 1. The third kappa shape index (κ3) is 4.33. The molecule has 1 aromatic carbocycles. The van der Waals surface area contributed by atoms with Gasteiger partial charge in [0.25, 0.3) is 0 Å². The maximum atomic E-state index is 5.78. The SMILES string of the molecule is CC(C)C[C@@H](CN)N[C@H](C)c1ccccc1. The Hall–Kier alpha value is -0.860. The monoisotopic (exact) mass is 220 g/mol. The fraction of sp³-hybridized carbons (Fsp3) is 0.571. The molecule has 0 saturated carbocycles. The van der Waals surface area contributed by atoms with Crippen LogP contribution in [0.4, 0.5) is 0 Å². The van der Waals surface area contributed by atoms with Gasteiger partial charge in [0.05, 0.1) is 0 Å². The van der Waals surface area contributed by atoms with Crippen molar-refractivity contribution in [2.45, 2.75) is 39.3 Å². The maximum absolute atomic E-state index is 5.78. The summed E-state index contributed by atoms with van der Waals surface area (Å²) < 4.78 is 0. The zero-order chi connectivity index (χ0) is 12.0. The second kappa shape index (κ2) is 6.66. The second-order valence-electron chi connectivity index (χ2n) is 4.86. The summed E-state index contributed by atoms with van der Waals surface area (Å²) in [5.41, 5.74) is 7.11. The Kier molecular flexibility index (Phi) is 5.50. The second-order valence-corrected chi connectivity index (χ2v) is 4.86. The van der Waals surface area contributed by atoms with E-state index < -0.39 is 0 Å². The predicted molar refractivity (Wildman–Crippen MR) is 70.3 cm³/mol. The predicted octanol–water partition coefficient (Wildman–Crippen LogP) is 2.71. The van der Waals surface area contributed by atoms with Crippen molar-refractivity contribution in [2.75, 3.05) is 6.54 Å². The minimum atomic E-state index is 0.369. The minimum Gasteiger partial charge on any atom is -0.329 e. The Bertz CT molecular complexity index is 282. The normalized spacial score (nSPS) is 15.1. The Morgan fingerprint density at radius 2 is 1.75 bits per heavy atom. The van der Waals surface area contributed by atoms with E-state index >= 15 is 0 Å². The smallest absolute Gasteiger partial charge is 0.0294 e. The van der Waals surface area contributed by atoms with Crippen LogP contribution in [0.1, 0.15) is 38.8 Å². The Morgan fingerprint density at radius 3 is 2.25 bits per heavy atom. The first-order valence-electron chi connectivity index (χ1n) is 6.14. The van der Waals surface area contributed by atoms with Gasteiger partial charge in [-0.25, -0.2) is 0 Å². The maximum Gasteiger partial charge on any atom is 0.0294 e. The van der Waals surface area contributed by atoms with Gasteiger partial charge in [0, 0.05) is 18.6 Å². The molecular formula is C14H24N2. The van der Waals surface area contributed by atoms with E-state index in [0.29, 0.717) is 24.5 Å². The molecule has 2 nitrogen and oxygen atoms in total. The number of hydrogen-bond donors (Lipinski definition) is 2. The summed E-state index contributed by atoms with van der Waals surface area (Å²) in [4.78, 5) is 0. The van der Waals surface area contributed by atoms with Crippen LogP contribution in [0, 0.1) is 5.92 Å². The first-order valence-corrected chi connectivity index (χ1v) is 6.14. The fourth-order valence-electron chi connectivity index (χ4n) is 1.99. The molecule has 0 saturated heterocycles.